The molecule has 0 atom stereocenters. The highest BCUT2D eigenvalue weighted by molar-refractivity contribution is 9.11. The molecule has 0 radical (unpaired) electrons. The summed E-state index contributed by atoms with van der Waals surface area (Å²) in [6, 6.07) is 4.52. The van der Waals surface area contributed by atoms with Crippen LogP contribution in [-0.4, -0.2) is 28.4 Å². The van der Waals surface area contributed by atoms with Crippen molar-refractivity contribution in [1.82, 2.24) is 0 Å². The summed E-state index contributed by atoms with van der Waals surface area (Å²) in [5, 5.41) is 7.48. The maximum Gasteiger partial charge on any atom is 0.176 e. The number of furan rings is 1. The van der Waals surface area contributed by atoms with Crippen molar-refractivity contribution >= 4 is 107 Å². The first-order valence-electron chi connectivity index (χ1n) is 13.3. The Morgan fingerprint density at radius 3 is 1.20 bits per heavy atom. The Hall–Kier alpha value is -1.68. The average Bonchev–Trinajstić information content (AvgIpc) is 3.35. The van der Waals surface area contributed by atoms with Crippen molar-refractivity contribution in [2.75, 3.05) is 28.4 Å². The van der Waals surface area contributed by atoms with E-state index in [0.29, 0.717) is 22.2 Å². The van der Waals surface area contributed by atoms with Crippen molar-refractivity contribution in [3.05, 3.63) is 43.3 Å². The van der Waals surface area contributed by atoms with Crippen LogP contribution in [0.25, 0.3) is 43.5 Å². The van der Waals surface area contributed by atoms with Crippen LogP contribution in [0.15, 0.2) is 25.5 Å². The zero-order chi connectivity index (χ0) is 29.9. The Bertz CT molecular complexity index is 1710. The van der Waals surface area contributed by atoms with Crippen LogP contribution in [0, 0.1) is 0 Å². The standard InChI is InChI=1S/C32H32Br4O5/c1-13(2)19-17-9-15(11-33)21-22-16(12-34)10-18-20(14(3)4)30(38-6)32(40-8)26(36)24(18)28(22)41-27(21)23(17)25(35)31(39-7)29(19)37-5/h9-10,13-14H,11-12H2,1-8H3. The molecule has 5 aromatic rings. The molecule has 0 saturated carbocycles. The number of hydrogen-bond acceptors (Lipinski definition) is 5. The third-order valence-corrected chi connectivity index (χ3v) is 10.5. The van der Waals surface area contributed by atoms with Crippen molar-refractivity contribution in [2.24, 2.45) is 0 Å². The van der Waals surface area contributed by atoms with Gasteiger partial charge in [0.2, 0.25) is 0 Å². The molecule has 1 aromatic heterocycles. The van der Waals surface area contributed by atoms with Crippen molar-refractivity contribution < 1.29 is 23.4 Å². The normalized spacial score (nSPS) is 12.0. The summed E-state index contributed by atoms with van der Waals surface area (Å²) >= 11 is 15.4. The van der Waals surface area contributed by atoms with Crippen LogP contribution in [0.4, 0.5) is 0 Å². The highest BCUT2D eigenvalue weighted by atomic mass is 79.9. The second-order valence-corrected chi connectivity index (χ2v) is 13.3. The van der Waals surface area contributed by atoms with E-state index in [1.165, 1.54) is 0 Å². The zero-order valence-corrected chi connectivity index (χ0v) is 30.6. The highest BCUT2D eigenvalue weighted by Crippen LogP contribution is 2.55. The lowest BCUT2D eigenvalue weighted by Gasteiger charge is -2.21. The molecule has 4 aromatic carbocycles. The van der Waals surface area contributed by atoms with E-state index in [0.717, 1.165) is 86.2 Å². The highest BCUT2D eigenvalue weighted by Gasteiger charge is 2.30. The van der Waals surface area contributed by atoms with Gasteiger partial charge in [0.15, 0.2) is 23.0 Å². The fraction of sp³-hybridized carbons (Fsp3) is 0.375. The number of methoxy groups -OCH3 is 4. The van der Waals surface area contributed by atoms with Crippen LogP contribution in [0.2, 0.25) is 0 Å². The predicted molar refractivity (Wildman–Crippen MR) is 184 cm³/mol. The first-order chi connectivity index (χ1) is 19.6. The molecule has 0 fully saturated rings. The van der Waals surface area contributed by atoms with E-state index in [9.17, 15) is 0 Å². The molecule has 0 bridgehead atoms. The molecule has 0 amide bonds. The number of ether oxygens (including phenoxy) is 4. The van der Waals surface area contributed by atoms with Crippen LogP contribution in [-0.2, 0) is 10.7 Å². The predicted octanol–water partition coefficient (Wildman–Crippen LogP) is 11.5. The number of halogens is 4. The summed E-state index contributed by atoms with van der Waals surface area (Å²) in [6.45, 7) is 8.67. The van der Waals surface area contributed by atoms with Crippen molar-refractivity contribution in [3.63, 3.8) is 0 Å². The average molecular weight is 816 g/mol. The molecule has 0 unspecified atom stereocenters. The first-order valence-corrected chi connectivity index (χ1v) is 17.1. The summed E-state index contributed by atoms with van der Waals surface area (Å²) in [6.07, 6.45) is 0. The molecule has 1 heterocycles. The molecular formula is C32H32Br4O5. The van der Waals surface area contributed by atoms with Gasteiger partial charge in [0.25, 0.3) is 0 Å². The monoisotopic (exact) mass is 812 g/mol. The van der Waals surface area contributed by atoms with Crippen LogP contribution in [0.1, 0.15) is 61.8 Å². The molecule has 5 rings (SSSR count). The van der Waals surface area contributed by atoms with Gasteiger partial charge in [-0.25, -0.2) is 0 Å². The van der Waals surface area contributed by atoms with Crippen LogP contribution < -0.4 is 18.9 Å². The molecule has 0 aliphatic rings. The number of fused-ring (bicyclic) bond motifs is 7. The van der Waals surface area contributed by atoms with E-state index >= 15 is 0 Å². The van der Waals surface area contributed by atoms with Gasteiger partial charge >= 0.3 is 0 Å². The Morgan fingerprint density at radius 2 is 0.927 bits per heavy atom. The Balaban J connectivity index is 2.17. The molecular weight excluding hydrogens is 784 g/mol. The van der Waals surface area contributed by atoms with Gasteiger partial charge in [0.05, 0.1) is 37.4 Å². The van der Waals surface area contributed by atoms with Crippen molar-refractivity contribution in [1.29, 1.82) is 0 Å². The van der Waals surface area contributed by atoms with E-state index in [1.54, 1.807) is 28.4 Å². The summed E-state index contributed by atoms with van der Waals surface area (Å²) in [5.41, 5.74) is 6.01. The number of alkyl halides is 2. The summed E-state index contributed by atoms with van der Waals surface area (Å²) in [7, 11) is 6.71. The SMILES string of the molecule is COc1c(OC)c(Br)c2c(cc(CBr)c3c2oc2c4c(Br)c(OC)c(OC)c(C(C)C)c4cc(CBr)c23)c1C(C)C. The Kier molecular flexibility index (Phi) is 8.84. The van der Waals surface area contributed by atoms with Gasteiger partial charge in [0, 0.05) is 43.3 Å². The first kappa shape index (κ1) is 30.8. The summed E-state index contributed by atoms with van der Waals surface area (Å²) in [5.74, 6) is 3.11. The fourth-order valence-corrected chi connectivity index (χ4v) is 8.54. The minimum Gasteiger partial charge on any atom is -0.492 e. The van der Waals surface area contributed by atoms with Gasteiger partial charge in [-0.3, -0.25) is 0 Å². The van der Waals surface area contributed by atoms with Gasteiger partial charge in [-0.2, -0.15) is 0 Å². The van der Waals surface area contributed by atoms with Crippen molar-refractivity contribution in [2.45, 2.75) is 50.2 Å². The molecule has 5 nitrogen and oxygen atoms in total. The fourth-order valence-electron chi connectivity index (χ4n) is 6.18. The smallest absolute Gasteiger partial charge is 0.176 e. The molecule has 0 spiro atoms. The molecule has 218 valence electrons. The maximum atomic E-state index is 7.05. The van der Waals surface area contributed by atoms with Crippen LogP contribution in [0.3, 0.4) is 0 Å². The molecule has 41 heavy (non-hydrogen) atoms. The van der Waals surface area contributed by atoms with Crippen LogP contribution >= 0.6 is 63.7 Å². The lowest BCUT2D eigenvalue weighted by Crippen LogP contribution is -2.02. The van der Waals surface area contributed by atoms with Crippen LogP contribution in [0.5, 0.6) is 23.0 Å². The third kappa shape index (κ3) is 4.47. The second-order valence-electron chi connectivity index (χ2n) is 10.6. The lowest BCUT2D eigenvalue weighted by atomic mass is 9.89. The Labute approximate surface area is 273 Å². The zero-order valence-electron chi connectivity index (χ0n) is 24.3. The van der Waals surface area contributed by atoms with Gasteiger partial charge in [-0.15, -0.1) is 0 Å². The molecule has 0 aliphatic carbocycles. The van der Waals surface area contributed by atoms with Gasteiger partial charge in [0.1, 0.15) is 11.2 Å². The summed E-state index contributed by atoms with van der Waals surface area (Å²) in [4.78, 5) is 0. The van der Waals surface area contributed by atoms with E-state index in [-0.39, 0.29) is 11.8 Å². The van der Waals surface area contributed by atoms with E-state index in [2.05, 4.69) is 104 Å². The van der Waals surface area contributed by atoms with Gasteiger partial charge < -0.3 is 23.4 Å². The lowest BCUT2D eigenvalue weighted by molar-refractivity contribution is 0.350. The van der Waals surface area contributed by atoms with E-state index in [1.807, 2.05) is 0 Å². The summed E-state index contributed by atoms with van der Waals surface area (Å²) < 4.78 is 32.3. The third-order valence-electron chi connectivity index (χ3n) is 7.76. The molecule has 0 aliphatic heterocycles. The van der Waals surface area contributed by atoms with E-state index < -0.39 is 0 Å². The molecule has 9 heteroatoms. The van der Waals surface area contributed by atoms with Gasteiger partial charge in [-0.1, -0.05) is 59.6 Å². The largest absolute Gasteiger partial charge is 0.492 e. The van der Waals surface area contributed by atoms with Gasteiger partial charge in [-0.05, 0) is 77.7 Å². The van der Waals surface area contributed by atoms with Crippen molar-refractivity contribution in [3.8, 4) is 23.0 Å². The number of hydrogen-bond donors (Lipinski definition) is 0. The molecule has 0 N–H and O–H groups in total. The quantitative estimate of drug-likeness (QED) is 0.146. The number of benzene rings is 4. The minimum atomic E-state index is 0.179. The number of rotatable bonds is 8. The minimum absolute atomic E-state index is 0.179. The maximum absolute atomic E-state index is 7.05. The Morgan fingerprint density at radius 1 is 0.585 bits per heavy atom. The van der Waals surface area contributed by atoms with E-state index in [4.69, 9.17) is 23.4 Å². The second kappa shape index (κ2) is 11.8. The topological polar surface area (TPSA) is 50.1 Å². The molecule has 0 saturated heterocycles.